The number of carbonyl (C=O) groups is 2. The molecule has 8 nitrogen and oxygen atoms in total. The van der Waals surface area contributed by atoms with Crippen molar-refractivity contribution >= 4 is 17.5 Å². The summed E-state index contributed by atoms with van der Waals surface area (Å²) in [4.78, 5) is 27.2. The van der Waals surface area contributed by atoms with Crippen LogP contribution in [-0.4, -0.2) is 50.0 Å². The Kier molecular flexibility index (Phi) is 5.31. The second-order valence-electron chi connectivity index (χ2n) is 7.62. The van der Waals surface area contributed by atoms with E-state index in [4.69, 9.17) is 0 Å². The minimum absolute atomic E-state index is 0.0436. The average Bonchev–Trinajstić information content (AvgIpc) is 3.20. The quantitative estimate of drug-likeness (QED) is 0.721. The molecular weight excluding hydrogens is 380 g/mol. The van der Waals surface area contributed by atoms with E-state index in [1.165, 1.54) is 0 Å². The molecule has 154 valence electrons. The number of benzene rings is 2. The number of rotatable bonds is 4. The maximum atomic E-state index is 13.6. The molecule has 30 heavy (non-hydrogen) atoms. The third-order valence-corrected chi connectivity index (χ3v) is 5.82. The Morgan fingerprint density at radius 1 is 1.03 bits per heavy atom. The zero-order valence-corrected chi connectivity index (χ0v) is 17.1. The summed E-state index contributed by atoms with van der Waals surface area (Å²) in [6.07, 6.45) is 1.16. The highest BCUT2D eigenvalue weighted by Gasteiger charge is 2.43. The van der Waals surface area contributed by atoms with Gasteiger partial charge in [0.05, 0.1) is 5.41 Å². The summed E-state index contributed by atoms with van der Waals surface area (Å²) >= 11 is 0. The number of anilines is 1. The number of aryl methyl sites for hydroxylation is 1. The Bertz CT molecular complexity index is 1050. The summed E-state index contributed by atoms with van der Waals surface area (Å²) in [6.45, 7) is 2.69. The molecule has 0 spiro atoms. The third kappa shape index (κ3) is 3.68. The lowest BCUT2D eigenvalue weighted by Crippen LogP contribution is -2.50. The van der Waals surface area contributed by atoms with E-state index in [-0.39, 0.29) is 11.8 Å². The SMILES string of the molecule is CC(=O)N1CCC(C(=O)Nc2cccc(-c3nnnn3C)c2)(c2ccccc2)CC1. The molecule has 1 aromatic heterocycles. The van der Waals surface area contributed by atoms with Crippen LogP contribution >= 0.6 is 0 Å². The first-order valence-electron chi connectivity index (χ1n) is 9.95. The zero-order chi connectivity index (χ0) is 21.1. The lowest BCUT2D eigenvalue weighted by atomic mass is 9.72. The molecule has 3 aromatic rings. The summed E-state index contributed by atoms with van der Waals surface area (Å²) < 4.78 is 1.59. The molecule has 0 atom stereocenters. The van der Waals surface area contributed by atoms with Crippen molar-refractivity contribution in [2.24, 2.45) is 7.05 Å². The van der Waals surface area contributed by atoms with Gasteiger partial charge in [0.1, 0.15) is 0 Å². The highest BCUT2D eigenvalue weighted by molar-refractivity contribution is 5.99. The second kappa shape index (κ2) is 8.06. The first kappa shape index (κ1) is 19.8. The highest BCUT2D eigenvalue weighted by atomic mass is 16.2. The molecule has 0 aliphatic carbocycles. The smallest absolute Gasteiger partial charge is 0.235 e. The maximum Gasteiger partial charge on any atom is 0.235 e. The number of likely N-dealkylation sites (tertiary alicyclic amines) is 1. The standard InChI is InChI=1S/C22H24N6O2/c1-16(29)28-13-11-22(12-14-28,18-8-4-3-5-9-18)21(30)23-19-10-6-7-17(15-19)20-24-25-26-27(20)2/h3-10,15H,11-14H2,1-2H3,(H,23,30). The average molecular weight is 404 g/mol. The molecule has 1 N–H and O–H groups in total. The van der Waals surface area contributed by atoms with Crippen molar-refractivity contribution in [1.29, 1.82) is 0 Å². The normalized spacial score (nSPS) is 15.6. The van der Waals surface area contributed by atoms with Gasteiger partial charge in [-0.2, -0.15) is 0 Å². The minimum Gasteiger partial charge on any atom is -0.343 e. The van der Waals surface area contributed by atoms with E-state index in [0.29, 0.717) is 37.4 Å². The number of piperidine rings is 1. The molecule has 0 radical (unpaired) electrons. The van der Waals surface area contributed by atoms with Crippen LogP contribution < -0.4 is 5.32 Å². The van der Waals surface area contributed by atoms with Gasteiger partial charge in [-0.15, -0.1) is 5.10 Å². The monoisotopic (exact) mass is 404 g/mol. The largest absolute Gasteiger partial charge is 0.343 e. The van der Waals surface area contributed by atoms with Gasteiger partial charge in [-0.1, -0.05) is 42.5 Å². The van der Waals surface area contributed by atoms with Crippen LogP contribution in [0.2, 0.25) is 0 Å². The summed E-state index contributed by atoms with van der Waals surface area (Å²) in [5.41, 5.74) is 1.79. The van der Waals surface area contributed by atoms with Gasteiger partial charge in [0, 0.05) is 38.3 Å². The number of aromatic nitrogens is 4. The predicted molar refractivity (Wildman–Crippen MR) is 112 cm³/mol. The number of tetrazole rings is 1. The zero-order valence-electron chi connectivity index (χ0n) is 17.1. The van der Waals surface area contributed by atoms with Crippen LogP contribution in [0, 0.1) is 0 Å². The van der Waals surface area contributed by atoms with Crippen LogP contribution in [0.4, 0.5) is 5.69 Å². The summed E-state index contributed by atoms with van der Waals surface area (Å²) in [5.74, 6) is 0.603. The Morgan fingerprint density at radius 2 is 1.77 bits per heavy atom. The van der Waals surface area contributed by atoms with Gasteiger partial charge in [-0.3, -0.25) is 9.59 Å². The van der Waals surface area contributed by atoms with Crippen LogP contribution in [0.3, 0.4) is 0 Å². The summed E-state index contributed by atoms with van der Waals surface area (Å²) in [5, 5.41) is 14.7. The fourth-order valence-electron chi connectivity index (χ4n) is 4.07. The third-order valence-electron chi connectivity index (χ3n) is 5.82. The highest BCUT2D eigenvalue weighted by Crippen LogP contribution is 2.37. The lowest BCUT2D eigenvalue weighted by Gasteiger charge is -2.40. The minimum atomic E-state index is -0.685. The van der Waals surface area contributed by atoms with E-state index >= 15 is 0 Å². The number of hydrogen-bond donors (Lipinski definition) is 1. The molecule has 0 bridgehead atoms. The van der Waals surface area contributed by atoms with Crippen molar-refractivity contribution in [3.05, 3.63) is 60.2 Å². The van der Waals surface area contributed by atoms with Crippen molar-refractivity contribution < 1.29 is 9.59 Å². The van der Waals surface area contributed by atoms with Gasteiger partial charge < -0.3 is 10.2 Å². The van der Waals surface area contributed by atoms with Crippen LogP contribution in [0.25, 0.3) is 11.4 Å². The van der Waals surface area contributed by atoms with Gasteiger partial charge in [-0.25, -0.2) is 4.68 Å². The van der Waals surface area contributed by atoms with Crippen molar-refractivity contribution in [2.45, 2.75) is 25.2 Å². The van der Waals surface area contributed by atoms with Crippen molar-refractivity contribution in [2.75, 3.05) is 18.4 Å². The number of hydrogen-bond acceptors (Lipinski definition) is 5. The Hall–Kier alpha value is -3.55. The fourth-order valence-corrected chi connectivity index (χ4v) is 4.07. The van der Waals surface area contributed by atoms with Crippen LogP contribution in [0.1, 0.15) is 25.3 Å². The van der Waals surface area contributed by atoms with E-state index in [1.807, 2.05) is 54.6 Å². The van der Waals surface area contributed by atoms with Crippen molar-refractivity contribution in [1.82, 2.24) is 25.1 Å². The topological polar surface area (TPSA) is 93.0 Å². The first-order chi connectivity index (χ1) is 14.5. The Labute approximate surface area is 174 Å². The molecule has 1 aliphatic rings. The van der Waals surface area contributed by atoms with Crippen LogP contribution in [0.15, 0.2) is 54.6 Å². The molecular formula is C22H24N6O2. The fraction of sp³-hybridized carbons (Fsp3) is 0.318. The lowest BCUT2D eigenvalue weighted by molar-refractivity contribution is -0.133. The Balaban J connectivity index is 1.62. The molecule has 0 unspecified atom stereocenters. The molecule has 1 saturated heterocycles. The second-order valence-corrected chi connectivity index (χ2v) is 7.62. The number of carbonyl (C=O) groups excluding carboxylic acids is 2. The van der Waals surface area contributed by atoms with Gasteiger partial charge in [0.2, 0.25) is 11.8 Å². The van der Waals surface area contributed by atoms with Crippen molar-refractivity contribution in [3.8, 4) is 11.4 Å². The van der Waals surface area contributed by atoms with Crippen LogP contribution in [-0.2, 0) is 22.1 Å². The molecule has 2 amide bonds. The number of nitrogens with one attached hydrogen (secondary N) is 1. The summed E-state index contributed by atoms with van der Waals surface area (Å²) in [7, 11) is 1.77. The van der Waals surface area contributed by atoms with Gasteiger partial charge in [0.15, 0.2) is 5.82 Å². The van der Waals surface area contributed by atoms with E-state index in [2.05, 4.69) is 20.8 Å². The maximum absolute atomic E-state index is 13.6. The van der Waals surface area contributed by atoms with E-state index in [0.717, 1.165) is 11.1 Å². The first-order valence-corrected chi connectivity index (χ1v) is 9.95. The van der Waals surface area contributed by atoms with Crippen molar-refractivity contribution in [3.63, 3.8) is 0 Å². The van der Waals surface area contributed by atoms with E-state index < -0.39 is 5.41 Å². The van der Waals surface area contributed by atoms with Gasteiger partial charge >= 0.3 is 0 Å². The predicted octanol–water partition coefficient (Wildman–Crippen LogP) is 2.40. The van der Waals surface area contributed by atoms with E-state index in [9.17, 15) is 9.59 Å². The molecule has 1 fully saturated rings. The molecule has 8 heteroatoms. The number of nitrogens with zero attached hydrogens (tertiary/aromatic N) is 5. The molecule has 4 rings (SSSR count). The van der Waals surface area contributed by atoms with E-state index in [1.54, 1.807) is 23.6 Å². The summed E-state index contributed by atoms with van der Waals surface area (Å²) in [6, 6.07) is 17.3. The van der Waals surface area contributed by atoms with Gasteiger partial charge in [-0.05, 0) is 41.0 Å². The molecule has 2 aromatic carbocycles. The van der Waals surface area contributed by atoms with Gasteiger partial charge in [0.25, 0.3) is 0 Å². The molecule has 2 heterocycles. The molecule has 0 saturated carbocycles. The number of amides is 2. The van der Waals surface area contributed by atoms with Crippen LogP contribution in [0.5, 0.6) is 0 Å². The Morgan fingerprint density at radius 3 is 2.40 bits per heavy atom. The molecule has 1 aliphatic heterocycles.